The first-order valence-corrected chi connectivity index (χ1v) is 8.63. The zero-order chi connectivity index (χ0) is 11.6. The van der Waals surface area contributed by atoms with Crippen molar-refractivity contribution in [2.24, 2.45) is 0 Å². The van der Waals surface area contributed by atoms with Crippen LogP contribution in [0.1, 0.15) is 10.4 Å². The fraction of sp³-hybridized carbons (Fsp3) is 0.417. The summed E-state index contributed by atoms with van der Waals surface area (Å²) in [6, 6.07) is 6.07. The van der Waals surface area contributed by atoms with Crippen molar-refractivity contribution in [3.63, 3.8) is 0 Å². The fourth-order valence-electron chi connectivity index (χ4n) is 1.57. The van der Waals surface area contributed by atoms with Gasteiger partial charge in [-0.1, -0.05) is 19.6 Å². The lowest BCUT2D eigenvalue weighted by atomic mass is 10.2. The van der Waals surface area contributed by atoms with E-state index < -0.39 is 8.07 Å². The summed E-state index contributed by atoms with van der Waals surface area (Å²) in [4.78, 5) is 13.0. The molecule has 0 heterocycles. The van der Waals surface area contributed by atoms with Gasteiger partial charge in [-0.05, 0) is 23.4 Å². The van der Waals surface area contributed by atoms with Crippen molar-refractivity contribution < 1.29 is 4.79 Å². The highest BCUT2D eigenvalue weighted by Crippen LogP contribution is 2.14. The van der Waals surface area contributed by atoms with Gasteiger partial charge in [0.05, 0.1) is 8.07 Å². The lowest BCUT2D eigenvalue weighted by Crippen LogP contribution is -2.40. The molecule has 0 saturated carbocycles. The van der Waals surface area contributed by atoms with Crippen LogP contribution in [0.2, 0.25) is 19.6 Å². The van der Waals surface area contributed by atoms with Gasteiger partial charge in [-0.2, -0.15) is 0 Å². The van der Waals surface area contributed by atoms with E-state index in [9.17, 15) is 4.79 Å². The molecule has 0 N–H and O–H groups in total. The molecule has 0 unspecified atom stereocenters. The molecule has 0 aliphatic carbocycles. The number of aldehydes is 1. The van der Waals surface area contributed by atoms with E-state index in [-0.39, 0.29) is 0 Å². The quantitative estimate of drug-likeness (QED) is 0.575. The van der Waals surface area contributed by atoms with E-state index >= 15 is 0 Å². The van der Waals surface area contributed by atoms with E-state index in [1.54, 1.807) is 0 Å². The predicted octanol–water partition coefficient (Wildman–Crippen LogP) is 2.11. The summed E-state index contributed by atoms with van der Waals surface area (Å²) in [5.74, 6) is 0. The van der Waals surface area contributed by atoms with Gasteiger partial charge in [0.15, 0.2) is 0 Å². The molecule has 0 radical (unpaired) electrons. The van der Waals surface area contributed by atoms with Crippen molar-refractivity contribution in [3.05, 3.63) is 23.8 Å². The van der Waals surface area contributed by atoms with E-state index in [1.165, 1.54) is 5.19 Å². The summed E-state index contributed by atoms with van der Waals surface area (Å²) in [7, 11) is 2.60. The first-order valence-electron chi connectivity index (χ1n) is 5.13. The number of anilines is 1. The molecule has 3 heteroatoms. The van der Waals surface area contributed by atoms with E-state index in [0.717, 1.165) is 17.5 Å². The lowest BCUT2D eigenvalue weighted by molar-refractivity contribution is 0.112. The standard InChI is InChI=1S/C12H19NOSi/c1-13(2)11-7-6-10(9-14)12(8-11)15(3,4)5/h6-9H,1-5H3. The van der Waals surface area contributed by atoms with Crippen molar-refractivity contribution >= 4 is 25.2 Å². The molecular formula is C12H19NOSi. The molecule has 1 aromatic carbocycles. The molecule has 0 aliphatic rings. The molecule has 82 valence electrons. The molecule has 0 fully saturated rings. The van der Waals surface area contributed by atoms with E-state index in [1.807, 2.05) is 26.2 Å². The van der Waals surface area contributed by atoms with Crippen LogP contribution < -0.4 is 10.1 Å². The molecule has 0 spiro atoms. The summed E-state index contributed by atoms with van der Waals surface area (Å²) >= 11 is 0. The second-order valence-corrected chi connectivity index (χ2v) is 10.1. The summed E-state index contributed by atoms with van der Waals surface area (Å²) < 4.78 is 0. The van der Waals surface area contributed by atoms with Gasteiger partial charge in [-0.25, -0.2) is 0 Å². The van der Waals surface area contributed by atoms with Crippen LogP contribution in [0.4, 0.5) is 5.69 Å². The number of nitrogens with zero attached hydrogens (tertiary/aromatic N) is 1. The van der Waals surface area contributed by atoms with Crippen LogP contribution in [0.15, 0.2) is 18.2 Å². The molecule has 15 heavy (non-hydrogen) atoms. The molecule has 0 aromatic heterocycles. The Balaban J connectivity index is 3.32. The second-order valence-electron chi connectivity index (χ2n) is 5.03. The van der Waals surface area contributed by atoms with Crippen molar-refractivity contribution in [2.75, 3.05) is 19.0 Å². The average molecular weight is 221 g/mol. The molecule has 0 atom stereocenters. The summed E-state index contributed by atoms with van der Waals surface area (Å²) in [6.45, 7) is 6.78. The van der Waals surface area contributed by atoms with Crippen LogP contribution >= 0.6 is 0 Å². The minimum atomic E-state index is -1.43. The van der Waals surface area contributed by atoms with Crippen LogP contribution in [0.3, 0.4) is 0 Å². The monoisotopic (exact) mass is 221 g/mol. The minimum absolute atomic E-state index is 0.847. The van der Waals surface area contributed by atoms with Gasteiger partial charge in [0, 0.05) is 25.3 Å². The molecule has 0 bridgehead atoms. The number of carbonyl (C=O) groups excluding carboxylic acids is 1. The van der Waals surface area contributed by atoms with E-state index in [4.69, 9.17) is 0 Å². The van der Waals surface area contributed by atoms with Gasteiger partial charge in [0.1, 0.15) is 6.29 Å². The summed E-state index contributed by atoms with van der Waals surface area (Å²) in [5.41, 5.74) is 2.01. The highest BCUT2D eigenvalue weighted by atomic mass is 28.3. The Morgan fingerprint density at radius 2 is 1.80 bits per heavy atom. The Hall–Kier alpha value is -1.09. The highest BCUT2D eigenvalue weighted by Gasteiger charge is 2.20. The Bertz CT molecular complexity index is 366. The molecule has 1 rings (SSSR count). The summed E-state index contributed by atoms with van der Waals surface area (Å²) in [5, 5.41) is 1.24. The maximum Gasteiger partial charge on any atom is 0.149 e. The van der Waals surface area contributed by atoms with Gasteiger partial charge in [-0.3, -0.25) is 4.79 Å². The number of hydrogen-bond donors (Lipinski definition) is 0. The number of benzene rings is 1. The van der Waals surface area contributed by atoms with Gasteiger partial charge in [-0.15, -0.1) is 0 Å². The average Bonchev–Trinajstić information content (AvgIpc) is 2.15. The zero-order valence-electron chi connectivity index (χ0n) is 10.2. The van der Waals surface area contributed by atoms with E-state index in [2.05, 4.69) is 30.6 Å². The van der Waals surface area contributed by atoms with Crippen molar-refractivity contribution in [2.45, 2.75) is 19.6 Å². The van der Waals surface area contributed by atoms with E-state index in [0.29, 0.717) is 0 Å². The molecular weight excluding hydrogens is 202 g/mol. The third-order valence-electron chi connectivity index (χ3n) is 2.49. The van der Waals surface area contributed by atoms with Crippen molar-refractivity contribution in [3.8, 4) is 0 Å². The van der Waals surface area contributed by atoms with Crippen LogP contribution in [0.25, 0.3) is 0 Å². The minimum Gasteiger partial charge on any atom is -0.378 e. The Kier molecular flexibility index (Phi) is 3.34. The Labute approximate surface area is 92.9 Å². The smallest absolute Gasteiger partial charge is 0.149 e. The SMILES string of the molecule is CN(C)c1ccc(C=O)c([Si](C)(C)C)c1. The number of hydrogen-bond acceptors (Lipinski definition) is 2. The first kappa shape index (κ1) is 12.0. The van der Waals surface area contributed by atoms with Crippen molar-refractivity contribution in [1.82, 2.24) is 0 Å². The normalized spacial score (nSPS) is 11.3. The third-order valence-corrected chi connectivity index (χ3v) is 4.54. The van der Waals surface area contributed by atoms with Gasteiger partial charge in [0.25, 0.3) is 0 Å². The third kappa shape index (κ3) is 2.69. The predicted molar refractivity (Wildman–Crippen MR) is 69.1 cm³/mol. The van der Waals surface area contributed by atoms with Gasteiger partial charge >= 0.3 is 0 Å². The number of rotatable bonds is 3. The Morgan fingerprint density at radius 1 is 1.20 bits per heavy atom. The fourth-order valence-corrected chi connectivity index (χ4v) is 3.16. The molecule has 1 aromatic rings. The van der Waals surface area contributed by atoms with Crippen LogP contribution in [0.5, 0.6) is 0 Å². The largest absolute Gasteiger partial charge is 0.378 e. The van der Waals surface area contributed by atoms with Crippen LogP contribution in [0, 0.1) is 0 Å². The number of carbonyl (C=O) groups is 1. The topological polar surface area (TPSA) is 20.3 Å². The summed E-state index contributed by atoms with van der Waals surface area (Å²) in [6.07, 6.45) is 0.965. The van der Waals surface area contributed by atoms with Crippen molar-refractivity contribution in [1.29, 1.82) is 0 Å². The molecule has 0 aliphatic heterocycles. The van der Waals surface area contributed by atoms with Gasteiger partial charge in [0.2, 0.25) is 0 Å². The van der Waals surface area contributed by atoms with Crippen LogP contribution in [-0.4, -0.2) is 28.5 Å². The lowest BCUT2D eigenvalue weighted by Gasteiger charge is -2.22. The maximum atomic E-state index is 11.0. The van der Waals surface area contributed by atoms with Crippen LogP contribution in [-0.2, 0) is 0 Å². The first-order chi connectivity index (χ1) is 6.86. The zero-order valence-corrected chi connectivity index (χ0v) is 11.2. The highest BCUT2D eigenvalue weighted by molar-refractivity contribution is 6.89. The molecule has 2 nitrogen and oxygen atoms in total. The second kappa shape index (κ2) is 4.19. The maximum absolute atomic E-state index is 11.0. The van der Waals surface area contributed by atoms with Gasteiger partial charge < -0.3 is 4.90 Å². The molecule has 0 amide bonds. The Morgan fingerprint density at radius 3 is 2.20 bits per heavy atom. The molecule has 0 saturated heterocycles.